The molecular formula is C14H19N5O. The molecule has 106 valence electrons. The highest BCUT2D eigenvalue weighted by molar-refractivity contribution is 5.65. The first-order valence-corrected chi connectivity index (χ1v) is 6.81. The number of methoxy groups -OCH3 is 1. The molecule has 20 heavy (non-hydrogen) atoms. The summed E-state index contributed by atoms with van der Waals surface area (Å²) in [5.74, 6) is 1.35. The SMILES string of the molecule is COc1c(-c2ncc3c(n2)CCCC3N)c(C)nn1C. The number of fused-ring (bicyclic) bond motifs is 1. The molecule has 1 aliphatic carbocycles. The average molecular weight is 273 g/mol. The summed E-state index contributed by atoms with van der Waals surface area (Å²) in [4.78, 5) is 9.16. The second kappa shape index (κ2) is 4.86. The third-order valence-corrected chi connectivity index (χ3v) is 3.81. The third kappa shape index (κ3) is 1.96. The summed E-state index contributed by atoms with van der Waals surface area (Å²) in [6, 6.07) is 0.0599. The van der Waals surface area contributed by atoms with E-state index in [0.717, 1.165) is 41.8 Å². The van der Waals surface area contributed by atoms with Crippen molar-refractivity contribution in [3.05, 3.63) is 23.1 Å². The van der Waals surface area contributed by atoms with Crippen molar-refractivity contribution in [3.8, 4) is 17.3 Å². The van der Waals surface area contributed by atoms with Gasteiger partial charge in [0.2, 0.25) is 5.88 Å². The molecule has 1 aliphatic rings. The molecule has 2 aromatic rings. The summed E-state index contributed by atoms with van der Waals surface area (Å²) in [5.41, 5.74) is 9.95. The zero-order valence-corrected chi connectivity index (χ0v) is 12.1. The molecule has 0 aliphatic heterocycles. The first kappa shape index (κ1) is 13.1. The number of aryl methyl sites for hydroxylation is 3. The van der Waals surface area contributed by atoms with Crippen LogP contribution in [0, 0.1) is 6.92 Å². The first-order valence-electron chi connectivity index (χ1n) is 6.81. The number of hydrogen-bond acceptors (Lipinski definition) is 5. The van der Waals surface area contributed by atoms with Crippen LogP contribution >= 0.6 is 0 Å². The minimum atomic E-state index is 0.0599. The smallest absolute Gasteiger partial charge is 0.222 e. The molecule has 3 rings (SSSR count). The molecule has 0 fully saturated rings. The lowest BCUT2D eigenvalue weighted by Gasteiger charge is -2.21. The summed E-state index contributed by atoms with van der Waals surface area (Å²) in [6.07, 6.45) is 4.90. The van der Waals surface area contributed by atoms with Crippen molar-refractivity contribution in [2.45, 2.75) is 32.2 Å². The van der Waals surface area contributed by atoms with Crippen LogP contribution in [0.2, 0.25) is 0 Å². The van der Waals surface area contributed by atoms with Gasteiger partial charge in [0.25, 0.3) is 0 Å². The van der Waals surface area contributed by atoms with E-state index >= 15 is 0 Å². The quantitative estimate of drug-likeness (QED) is 0.897. The molecule has 0 spiro atoms. The van der Waals surface area contributed by atoms with Crippen molar-refractivity contribution in [1.29, 1.82) is 0 Å². The molecule has 0 bridgehead atoms. The topological polar surface area (TPSA) is 78.8 Å². The van der Waals surface area contributed by atoms with Crippen molar-refractivity contribution >= 4 is 0 Å². The van der Waals surface area contributed by atoms with Gasteiger partial charge < -0.3 is 10.5 Å². The molecule has 1 atom stereocenters. The molecule has 1 unspecified atom stereocenters. The van der Waals surface area contributed by atoms with Crippen LogP contribution in [-0.2, 0) is 13.5 Å². The second-order valence-electron chi connectivity index (χ2n) is 5.19. The van der Waals surface area contributed by atoms with E-state index in [1.54, 1.807) is 11.8 Å². The summed E-state index contributed by atoms with van der Waals surface area (Å²) >= 11 is 0. The molecular weight excluding hydrogens is 254 g/mol. The van der Waals surface area contributed by atoms with E-state index in [-0.39, 0.29) is 6.04 Å². The number of rotatable bonds is 2. The molecule has 0 saturated heterocycles. The van der Waals surface area contributed by atoms with Gasteiger partial charge in [-0.1, -0.05) is 0 Å². The predicted octanol–water partition coefficient (Wildman–Crippen LogP) is 1.53. The number of nitrogens with zero attached hydrogens (tertiary/aromatic N) is 4. The molecule has 6 nitrogen and oxygen atoms in total. The van der Waals surface area contributed by atoms with E-state index < -0.39 is 0 Å². The minimum Gasteiger partial charge on any atom is -0.481 e. The van der Waals surface area contributed by atoms with Gasteiger partial charge in [0.1, 0.15) is 5.56 Å². The van der Waals surface area contributed by atoms with Gasteiger partial charge in [0, 0.05) is 30.5 Å². The van der Waals surface area contributed by atoms with Gasteiger partial charge in [-0.2, -0.15) is 5.10 Å². The van der Waals surface area contributed by atoms with Crippen molar-refractivity contribution in [3.63, 3.8) is 0 Å². The lowest BCUT2D eigenvalue weighted by Crippen LogP contribution is -2.19. The van der Waals surface area contributed by atoms with E-state index in [4.69, 9.17) is 15.5 Å². The number of hydrogen-bond donors (Lipinski definition) is 1. The van der Waals surface area contributed by atoms with Gasteiger partial charge >= 0.3 is 0 Å². The van der Waals surface area contributed by atoms with Gasteiger partial charge in [-0.25, -0.2) is 14.6 Å². The number of nitrogens with two attached hydrogens (primary N) is 1. The van der Waals surface area contributed by atoms with E-state index in [0.29, 0.717) is 11.7 Å². The fourth-order valence-electron chi connectivity index (χ4n) is 2.83. The Labute approximate surface area is 118 Å². The second-order valence-corrected chi connectivity index (χ2v) is 5.19. The predicted molar refractivity (Wildman–Crippen MR) is 75.4 cm³/mol. The molecule has 2 aromatic heterocycles. The Kier molecular flexibility index (Phi) is 3.17. The highest BCUT2D eigenvalue weighted by atomic mass is 16.5. The van der Waals surface area contributed by atoms with Crippen LogP contribution < -0.4 is 10.5 Å². The average Bonchev–Trinajstić information content (AvgIpc) is 2.72. The minimum absolute atomic E-state index is 0.0599. The van der Waals surface area contributed by atoms with Crippen molar-refractivity contribution < 1.29 is 4.74 Å². The third-order valence-electron chi connectivity index (χ3n) is 3.81. The summed E-state index contributed by atoms with van der Waals surface area (Å²) in [5, 5.41) is 4.37. The van der Waals surface area contributed by atoms with Gasteiger partial charge in [-0.15, -0.1) is 0 Å². The van der Waals surface area contributed by atoms with E-state index in [1.165, 1.54) is 0 Å². The molecule has 6 heteroatoms. The van der Waals surface area contributed by atoms with Crippen LogP contribution in [0.25, 0.3) is 11.4 Å². The van der Waals surface area contributed by atoms with Gasteiger partial charge in [-0.3, -0.25) is 0 Å². The number of aromatic nitrogens is 4. The molecule has 0 amide bonds. The molecule has 2 heterocycles. The van der Waals surface area contributed by atoms with Crippen LogP contribution in [0.15, 0.2) is 6.20 Å². The van der Waals surface area contributed by atoms with Crippen LogP contribution in [0.1, 0.15) is 35.8 Å². The standard InChI is InChI=1S/C14H19N5O/c1-8-12(14(20-3)19(2)18-8)13-16-7-9-10(15)5-4-6-11(9)17-13/h7,10H,4-6,15H2,1-3H3. The summed E-state index contributed by atoms with van der Waals surface area (Å²) in [6.45, 7) is 1.94. The van der Waals surface area contributed by atoms with E-state index in [9.17, 15) is 0 Å². The Morgan fingerprint density at radius 3 is 3.00 bits per heavy atom. The maximum absolute atomic E-state index is 6.10. The van der Waals surface area contributed by atoms with Crippen LogP contribution in [0.3, 0.4) is 0 Å². The summed E-state index contributed by atoms with van der Waals surface area (Å²) in [7, 11) is 3.48. The maximum Gasteiger partial charge on any atom is 0.222 e. The molecule has 0 aromatic carbocycles. The Balaban J connectivity index is 2.12. The fourth-order valence-corrected chi connectivity index (χ4v) is 2.83. The highest BCUT2D eigenvalue weighted by Gasteiger charge is 2.23. The Morgan fingerprint density at radius 2 is 2.25 bits per heavy atom. The fraction of sp³-hybridized carbons (Fsp3) is 0.500. The van der Waals surface area contributed by atoms with Gasteiger partial charge in [0.15, 0.2) is 5.82 Å². The van der Waals surface area contributed by atoms with Crippen molar-refractivity contribution in [1.82, 2.24) is 19.7 Å². The van der Waals surface area contributed by atoms with Crippen LogP contribution in [0.4, 0.5) is 0 Å². The van der Waals surface area contributed by atoms with Crippen molar-refractivity contribution in [2.75, 3.05) is 7.11 Å². The van der Waals surface area contributed by atoms with E-state index in [2.05, 4.69) is 10.1 Å². The Morgan fingerprint density at radius 1 is 1.45 bits per heavy atom. The van der Waals surface area contributed by atoms with Crippen molar-refractivity contribution in [2.24, 2.45) is 12.8 Å². The summed E-state index contributed by atoms with van der Waals surface area (Å²) < 4.78 is 7.12. The monoisotopic (exact) mass is 273 g/mol. The first-order chi connectivity index (χ1) is 9.61. The Hall–Kier alpha value is -1.95. The van der Waals surface area contributed by atoms with Crippen LogP contribution in [-0.4, -0.2) is 26.9 Å². The lowest BCUT2D eigenvalue weighted by molar-refractivity contribution is 0.374. The zero-order chi connectivity index (χ0) is 14.3. The highest BCUT2D eigenvalue weighted by Crippen LogP contribution is 2.32. The molecule has 0 saturated carbocycles. The normalized spacial score (nSPS) is 17.9. The number of ether oxygens (including phenoxy) is 1. The van der Waals surface area contributed by atoms with Gasteiger partial charge in [0.05, 0.1) is 12.8 Å². The van der Waals surface area contributed by atoms with Gasteiger partial charge in [-0.05, 0) is 26.2 Å². The largest absolute Gasteiger partial charge is 0.481 e. The lowest BCUT2D eigenvalue weighted by atomic mass is 9.93. The van der Waals surface area contributed by atoms with E-state index in [1.807, 2.05) is 20.2 Å². The van der Waals surface area contributed by atoms with Crippen LogP contribution in [0.5, 0.6) is 5.88 Å². The Bertz CT molecular complexity index is 649. The maximum atomic E-state index is 6.10. The molecule has 0 radical (unpaired) electrons. The zero-order valence-electron chi connectivity index (χ0n) is 12.1. The molecule has 2 N–H and O–H groups in total.